The second-order valence-corrected chi connectivity index (χ2v) is 9.41. The molecule has 1 N–H and O–H groups in total. The van der Waals surface area contributed by atoms with Crippen LogP contribution in [0.1, 0.15) is 30.7 Å². The largest absolute Gasteiger partial charge is 0.466 e. The number of amidine groups is 1. The van der Waals surface area contributed by atoms with E-state index in [4.69, 9.17) is 14.5 Å². The number of thiophene rings is 1. The van der Waals surface area contributed by atoms with Crippen LogP contribution in [0.3, 0.4) is 0 Å². The summed E-state index contributed by atoms with van der Waals surface area (Å²) in [4.78, 5) is 35.6. The van der Waals surface area contributed by atoms with Crippen LogP contribution < -0.4 is 5.32 Å². The second kappa shape index (κ2) is 10.7. The maximum atomic E-state index is 12.8. The average Bonchev–Trinajstić information content (AvgIpc) is 3.48. The Bertz CT molecular complexity index is 936. The van der Waals surface area contributed by atoms with E-state index < -0.39 is 0 Å². The topological polar surface area (TPSA) is 83.5 Å². The van der Waals surface area contributed by atoms with E-state index in [0.717, 1.165) is 54.3 Å². The Hall–Kier alpha value is -2.14. The Kier molecular flexibility index (Phi) is 7.67. The van der Waals surface area contributed by atoms with Crippen LogP contribution in [0.4, 0.5) is 0 Å². The van der Waals surface area contributed by atoms with Gasteiger partial charge in [-0.25, -0.2) is 9.79 Å². The molecule has 0 spiro atoms. The monoisotopic (exact) mass is 476 g/mol. The van der Waals surface area contributed by atoms with Crippen LogP contribution in [0.5, 0.6) is 0 Å². The Morgan fingerprint density at radius 1 is 1.34 bits per heavy atom. The second-order valence-electron chi connectivity index (χ2n) is 7.60. The van der Waals surface area contributed by atoms with Gasteiger partial charge in [0, 0.05) is 36.8 Å². The van der Waals surface area contributed by atoms with Crippen LogP contribution in [0.2, 0.25) is 0 Å². The lowest BCUT2D eigenvalue weighted by atomic mass is 9.98. The van der Waals surface area contributed by atoms with Crippen LogP contribution >= 0.6 is 23.1 Å². The van der Waals surface area contributed by atoms with Crippen molar-refractivity contribution >= 4 is 40.1 Å². The van der Waals surface area contributed by atoms with Gasteiger partial charge in [-0.1, -0.05) is 24.8 Å². The van der Waals surface area contributed by atoms with E-state index in [0.29, 0.717) is 18.5 Å². The van der Waals surface area contributed by atoms with Crippen molar-refractivity contribution in [1.82, 2.24) is 15.1 Å². The van der Waals surface area contributed by atoms with Crippen molar-refractivity contribution in [1.29, 1.82) is 0 Å². The number of ether oxygens (including phenoxy) is 2. The van der Waals surface area contributed by atoms with Crippen molar-refractivity contribution in [3.05, 3.63) is 44.8 Å². The van der Waals surface area contributed by atoms with E-state index in [2.05, 4.69) is 10.2 Å². The van der Waals surface area contributed by atoms with Gasteiger partial charge in [0.2, 0.25) is 5.91 Å². The summed E-state index contributed by atoms with van der Waals surface area (Å²) in [5.41, 5.74) is 2.12. The number of hydrogen-bond donors (Lipinski definition) is 1. The molecule has 3 aliphatic heterocycles. The Morgan fingerprint density at radius 3 is 2.84 bits per heavy atom. The number of carbonyl (C=O) groups is 2. The number of methoxy groups -OCH3 is 1. The minimum atomic E-state index is -0.380. The summed E-state index contributed by atoms with van der Waals surface area (Å²) in [6.45, 7) is 6.68. The number of allylic oxidation sites excluding steroid dienone is 1. The van der Waals surface area contributed by atoms with E-state index in [1.807, 2.05) is 34.7 Å². The van der Waals surface area contributed by atoms with Crippen molar-refractivity contribution in [2.45, 2.75) is 25.8 Å². The molecule has 0 radical (unpaired) electrons. The lowest BCUT2D eigenvalue weighted by Gasteiger charge is -2.35. The number of amides is 1. The molecule has 0 saturated carbocycles. The first-order valence-electron chi connectivity index (χ1n) is 10.8. The number of esters is 1. The minimum Gasteiger partial charge on any atom is -0.466 e. The third-order valence-corrected chi connectivity index (χ3v) is 7.45. The minimum absolute atomic E-state index is 0.0406. The number of rotatable bonds is 8. The first-order chi connectivity index (χ1) is 15.6. The molecule has 0 aliphatic carbocycles. The molecule has 1 amide bonds. The zero-order valence-corrected chi connectivity index (χ0v) is 20.0. The number of morpholine rings is 1. The smallest absolute Gasteiger partial charge is 0.338 e. The third-order valence-electron chi connectivity index (χ3n) is 5.64. The average molecular weight is 477 g/mol. The molecule has 4 rings (SSSR count). The lowest BCUT2D eigenvalue weighted by molar-refractivity contribution is -0.136. The van der Waals surface area contributed by atoms with Crippen LogP contribution in [0, 0.1) is 0 Å². The van der Waals surface area contributed by atoms with Crippen LogP contribution in [-0.4, -0.2) is 73.3 Å². The quantitative estimate of drug-likeness (QED) is 0.578. The molecule has 1 aromatic heterocycles. The number of fused-ring (bicyclic) bond motifs is 1. The molecule has 172 valence electrons. The fourth-order valence-electron chi connectivity index (χ4n) is 4.03. The fraction of sp³-hybridized carbons (Fsp3) is 0.500. The molecule has 1 aromatic rings. The zero-order chi connectivity index (χ0) is 22.5. The zero-order valence-electron chi connectivity index (χ0n) is 18.3. The van der Waals surface area contributed by atoms with Gasteiger partial charge in [-0.05, 0) is 23.3 Å². The summed E-state index contributed by atoms with van der Waals surface area (Å²) >= 11 is 3.08. The van der Waals surface area contributed by atoms with Gasteiger partial charge < -0.3 is 19.7 Å². The number of nitrogens with one attached hydrogen (secondary N) is 1. The van der Waals surface area contributed by atoms with Gasteiger partial charge in [-0.15, -0.1) is 11.3 Å². The predicted octanol–water partition coefficient (Wildman–Crippen LogP) is 2.72. The molecule has 32 heavy (non-hydrogen) atoms. The van der Waals surface area contributed by atoms with E-state index in [9.17, 15) is 9.59 Å². The molecule has 4 heterocycles. The van der Waals surface area contributed by atoms with Crippen LogP contribution in [-0.2, 0) is 19.1 Å². The van der Waals surface area contributed by atoms with Crippen molar-refractivity contribution in [3.8, 4) is 0 Å². The van der Waals surface area contributed by atoms with Gasteiger partial charge in [-0.3, -0.25) is 9.69 Å². The van der Waals surface area contributed by atoms with E-state index >= 15 is 0 Å². The molecule has 1 fully saturated rings. The van der Waals surface area contributed by atoms with E-state index in [-0.39, 0.29) is 24.3 Å². The van der Waals surface area contributed by atoms with Crippen molar-refractivity contribution in [2.24, 2.45) is 4.99 Å². The highest BCUT2D eigenvalue weighted by molar-refractivity contribution is 8.16. The van der Waals surface area contributed by atoms with Gasteiger partial charge in [0.15, 0.2) is 5.17 Å². The molecule has 10 heteroatoms. The number of thioether (sulfide) groups is 1. The summed E-state index contributed by atoms with van der Waals surface area (Å²) in [5.74, 6) is -0.421. The van der Waals surface area contributed by atoms with Crippen molar-refractivity contribution in [2.75, 3.05) is 46.5 Å². The Morgan fingerprint density at radius 2 is 2.16 bits per heavy atom. The molecule has 8 nitrogen and oxygen atoms in total. The van der Waals surface area contributed by atoms with Crippen molar-refractivity contribution < 1.29 is 19.1 Å². The standard InChI is InChI=1S/C22H28N4O4S2/c1-3-16-19(21(28)29-2)20(17-5-4-12-31-17)26-15(14-32-22(26)24-16)13-18(27)23-6-7-25-8-10-30-11-9-25/h4-5,12,14,20H,3,6-11,13H2,1-2H3,(H,23,27)/t20-/m0/s1. The summed E-state index contributed by atoms with van der Waals surface area (Å²) < 4.78 is 10.5. The summed E-state index contributed by atoms with van der Waals surface area (Å²) in [7, 11) is 1.39. The van der Waals surface area contributed by atoms with Gasteiger partial charge in [0.25, 0.3) is 0 Å². The first kappa shape index (κ1) is 23.0. The van der Waals surface area contributed by atoms with Gasteiger partial charge in [0.1, 0.15) is 6.04 Å². The summed E-state index contributed by atoms with van der Waals surface area (Å²) in [6.07, 6.45) is 0.856. The maximum absolute atomic E-state index is 12.8. The first-order valence-corrected chi connectivity index (χ1v) is 12.5. The molecular weight excluding hydrogens is 448 g/mol. The van der Waals surface area contributed by atoms with E-state index in [1.54, 1.807) is 11.3 Å². The predicted molar refractivity (Wildman–Crippen MR) is 126 cm³/mol. The lowest BCUT2D eigenvalue weighted by Crippen LogP contribution is -2.42. The number of hydrogen-bond acceptors (Lipinski definition) is 9. The highest BCUT2D eigenvalue weighted by Gasteiger charge is 2.41. The van der Waals surface area contributed by atoms with Gasteiger partial charge >= 0.3 is 5.97 Å². The Balaban J connectivity index is 1.48. The highest BCUT2D eigenvalue weighted by Crippen LogP contribution is 2.46. The van der Waals surface area contributed by atoms with Crippen LogP contribution in [0.15, 0.2) is 44.9 Å². The third kappa shape index (κ3) is 4.93. The molecule has 0 aromatic carbocycles. The molecule has 3 aliphatic rings. The maximum Gasteiger partial charge on any atom is 0.338 e. The fourth-order valence-corrected chi connectivity index (χ4v) is 5.79. The molecular formula is C22H28N4O4S2. The molecule has 1 saturated heterocycles. The number of nitrogens with zero attached hydrogens (tertiary/aromatic N) is 3. The highest BCUT2D eigenvalue weighted by atomic mass is 32.2. The van der Waals surface area contributed by atoms with Gasteiger partial charge in [-0.2, -0.15) is 0 Å². The SMILES string of the molecule is CCC1=C(C(=O)OC)[C@H](c2cccs2)N2C(CC(=O)NCCN3CCOCC3)=CSC2=N1. The molecule has 0 bridgehead atoms. The molecule has 0 unspecified atom stereocenters. The van der Waals surface area contributed by atoms with Crippen molar-refractivity contribution in [3.63, 3.8) is 0 Å². The number of aliphatic imine (C=N–C) groups is 1. The Labute approximate surface area is 196 Å². The molecule has 1 atom stereocenters. The van der Waals surface area contributed by atoms with Crippen LogP contribution in [0.25, 0.3) is 0 Å². The number of carbonyl (C=O) groups excluding carboxylic acids is 2. The van der Waals surface area contributed by atoms with Gasteiger partial charge in [0.05, 0.1) is 38.0 Å². The normalized spacial score (nSPS) is 21.2. The summed E-state index contributed by atoms with van der Waals surface area (Å²) in [6, 6.07) is 3.64. The van der Waals surface area contributed by atoms with E-state index in [1.165, 1.54) is 18.9 Å². The summed E-state index contributed by atoms with van der Waals surface area (Å²) in [5, 5.41) is 7.78.